The monoisotopic (exact) mass is 296 g/mol. The Labute approximate surface area is 135 Å². The first-order valence-corrected chi connectivity index (χ1v) is 7.69. The van der Waals surface area contributed by atoms with Gasteiger partial charge in [-0.3, -0.25) is 4.98 Å². The third-order valence-corrected chi connectivity index (χ3v) is 4.00. The number of pyridine rings is 2. The lowest BCUT2D eigenvalue weighted by Crippen LogP contribution is -1.88. The first kappa shape index (κ1) is 13.6. The molecule has 0 fully saturated rings. The number of fused-ring (bicyclic) bond motifs is 1. The normalized spacial score (nSPS) is 10.8. The van der Waals surface area contributed by atoms with E-state index in [-0.39, 0.29) is 0 Å². The summed E-state index contributed by atoms with van der Waals surface area (Å²) in [7, 11) is 0. The maximum Gasteiger partial charge on any atom is 0.0893 e. The molecule has 4 rings (SSSR count). The zero-order valence-corrected chi connectivity index (χ0v) is 12.9. The average molecular weight is 296 g/mol. The molecule has 23 heavy (non-hydrogen) atoms. The standard InChI is InChI=1S/C21H16N2/c1-15-5-7-16(8-6-15)18-10-9-17-11-12-20(23-21(17)14-18)19-4-2-3-13-22-19/h2-14H,1H3. The molecule has 0 saturated heterocycles. The van der Waals surface area contributed by atoms with Crippen molar-refractivity contribution in [1.82, 2.24) is 9.97 Å². The number of aryl methyl sites for hydroxylation is 1. The van der Waals surface area contributed by atoms with Gasteiger partial charge in [-0.2, -0.15) is 0 Å². The van der Waals surface area contributed by atoms with Crippen LogP contribution in [0.3, 0.4) is 0 Å². The summed E-state index contributed by atoms with van der Waals surface area (Å²) in [6.45, 7) is 2.10. The van der Waals surface area contributed by atoms with E-state index in [1.807, 2.05) is 24.3 Å². The second kappa shape index (κ2) is 5.65. The molecular weight excluding hydrogens is 280 g/mol. The highest BCUT2D eigenvalue weighted by atomic mass is 14.8. The van der Waals surface area contributed by atoms with E-state index in [0.717, 1.165) is 22.3 Å². The molecule has 0 bridgehead atoms. The van der Waals surface area contributed by atoms with Crippen LogP contribution >= 0.6 is 0 Å². The Morgan fingerprint density at radius 3 is 2.26 bits per heavy atom. The van der Waals surface area contributed by atoms with Crippen LogP contribution in [0.4, 0.5) is 0 Å². The maximum atomic E-state index is 4.79. The number of nitrogens with zero attached hydrogens (tertiary/aromatic N) is 2. The van der Waals surface area contributed by atoms with Crippen molar-refractivity contribution in [3.8, 4) is 22.5 Å². The van der Waals surface area contributed by atoms with E-state index < -0.39 is 0 Å². The minimum absolute atomic E-state index is 0.898. The summed E-state index contributed by atoms with van der Waals surface area (Å²) >= 11 is 0. The summed E-state index contributed by atoms with van der Waals surface area (Å²) < 4.78 is 0. The molecule has 2 heteroatoms. The van der Waals surface area contributed by atoms with E-state index in [9.17, 15) is 0 Å². The minimum Gasteiger partial charge on any atom is -0.255 e. The van der Waals surface area contributed by atoms with Gasteiger partial charge in [0.15, 0.2) is 0 Å². The fourth-order valence-corrected chi connectivity index (χ4v) is 2.70. The van der Waals surface area contributed by atoms with Crippen molar-refractivity contribution in [2.24, 2.45) is 0 Å². The van der Waals surface area contributed by atoms with Crippen molar-refractivity contribution >= 4 is 10.9 Å². The van der Waals surface area contributed by atoms with Crippen molar-refractivity contribution in [3.05, 3.63) is 84.6 Å². The zero-order chi connectivity index (χ0) is 15.6. The van der Waals surface area contributed by atoms with Crippen molar-refractivity contribution in [1.29, 1.82) is 0 Å². The fourth-order valence-electron chi connectivity index (χ4n) is 2.70. The minimum atomic E-state index is 0.898. The largest absolute Gasteiger partial charge is 0.255 e. The van der Waals surface area contributed by atoms with E-state index in [1.54, 1.807) is 6.20 Å². The van der Waals surface area contributed by atoms with E-state index in [0.29, 0.717) is 0 Å². The van der Waals surface area contributed by atoms with Gasteiger partial charge in [-0.15, -0.1) is 0 Å². The lowest BCUT2D eigenvalue weighted by molar-refractivity contribution is 1.28. The van der Waals surface area contributed by atoms with Gasteiger partial charge in [0.1, 0.15) is 0 Å². The number of hydrogen-bond acceptors (Lipinski definition) is 2. The SMILES string of the molecule is Cc1ccc(-c2ccc3ccc(-c4ccccn4)nc3c2)cc1. The quantitative estimate of drug-likeness (QED) is 0.503. The average Bonchev–Trinajstić information content (AvgIpc) is 2.62. The molecule has 0 aliphatic carbocycles. The van der Waals surface area contributed by atoms with E-state index >= 15 is 0 Å². The predicted molar refractivity (Wildman–Crippen MR) is 95.1 cm³/mol. The van der Waals surface area contributed by atoms with Crippen LogP contribution in [-0.2, 0) is 0 Å². The molecule has 2 nitrogen and oxygen atoms in total. The van der Waals surface area contributed by atoms with Gasteiger partial charge >= 0.3 is 0 Å². The Morgan fingerprint density at radius 2 is 1.48 bits per heavy atom. The summed E-state index contributed by atoms with van der Waals surface area (Å²) in [6.07, 6.45) is 1.80. The highest BCUT2D eigenvalue weighted by Gasteiger charge is 2.04. The van der Waals surface area contributed by atoms with Crippen LogP contribution in [-0.4, -0.2) is 9.97 Å². The second-order valence-electron chi connectivity index (χ2n) is 5.68. The molecule has 0 aliphatic heterocycles. The molecule has 0 spiro atoms. The van der Waals surface area contributed by atoms with Crippen LogP contribution in [0.5, 0.6) is 0 Å². The lowest BCUT2D eigenvalue weighted by Gasteiger charge is -2.06. The Morgan fingerprint density at radius 1 is 0.696 bits per heavy atom. The highest BCUT2D eigenvalue weighted by molar-refractivity contribution is 5.86. The predicted octanol–water partition coefficient (Wildman–Crippen LogP) is 5.27. The van der Waals surface area contributed by atoms with Gasteiger partial charge in [0.2, 0.25) is 0 Å². The first-order valence-electron chi connectivity index (χ1n) is 7.69. The van der Waals surface area contributed by atoms with Crippen LogP contribution in [0.2, 0.25) is 0 Å². The molecule has 0 saturated carbocycles. The van der Waals surface area contributed by atoms with Crippen molar-refractivity contribution in [2.45, 2.75) is 6.92 Å². The molecule has 0 unspecified atom stereocenters. The fraction of sp³-hybridized carbons (Fsp3) is 0.0476. The number of rotatable bonds is 2. The highest BCUT2D eigenvalue weighted by Crippen LogP contribution is 2.25. The van der Waals surface area contributed by atoms with Gasteiger partial charge in [0, 0.05) is 11.6 Å². The third kappa shape index (κ3) is 2.71. The molecule has 0 N–H and O–H groups in total. The number of hydrogen-bond donors (Lipinski definition) is 0. The Bertz CT molecular complexity index is 958. The number of aromatic nitrogens is 2. The van der Waals surface area contributed by atoms with E-state index in [4.69, 9.17) is 4.98 Å². The van der Waals surface area contributed by atoms with Crippen molar-refractivity contribution in [3.63, 3.8) is 0 Å². The zero-order valence-electron chi connectivity index (χ0n) is 12.9. The molecule has 0 aliphatic rings. The van der Waals surface area contributed by atoms with Gasteiger partial charge < -0.3 is 0 Å². The van der Waals surface area contributed by atoms with Crippen LogP contribution in [0.25, 0.3) is 33.4 Å². The summed E-state index contributed by atoms with van der Waals surface area (Å²) in [5.74, 6) is 0. The summed E-state index contributed by atoms with van der Waals surface area (Å²) in [5.41, 5.74) is 6.45. The van der Waals surface area contributed by atoms with Gasteiger partial charge in [-0.25, -0.2) is 4.98 Å². The molecule has 0 radical (unpaired) electrons. The number of benzene rings is 2. The topological polar surface area (TPSA) is 25.8 Å². The summed E-state index contributed by atoms with van der Waals surface area (Å²) in [4.78, 5) is 9.17. The molecule has 110 valence electrons. The summed E-state index contributed by atoms with van der Waals surface area (Å²) in [6, 6.07) is 25.0. The lowest BCUT2D eigenvalue weighted by atomic mass is 10.0. The van der Waals surface area contributed by atoms with Gasteiger partial charge in [-0.1, -0.05) is 54.1 Å². The van der Waals surface area contributed by atoms with E-state index in [1.165, 1.54) is 16.7 Å². The van der Waals surface area contributed by atoms with Crippen LogP contribution in [0, 0.1) is 6.92 Å². The van der Waals surface area contributed by atoms with Crippen LogP contribution in [0.1, 0.15) is 5.56 Å². The van der Waals surface area contributed by atoms with Crippen molar-refractivity contribution in [2.75, 3.05) is 0 Å². The molecule has 0 atom stereocenters. The smallest absolute Gasteiger partial charge is 0.0893 e. The van der Waals surface area contributed by atoms with E-state index in [2.05, 4.69) is 60.4 Å². The molecule has 4 aromatic rings. The Hall–Kier alpha value is -3.00. The second-order valence-corrected chi connectivity index (χ2v) is 5.68. The van der Waals surface area contributed by atoms with Gasteiger partial charge in [0.25, 0.3) is 0 Å². The summed E-state index contributed by atoms with van der Waals surface area (Å²) in [5, 5.41) is 1.14. The van der Waals surface area contributed by atoms with Gasteiger partial charge in [0.05, 0.1) is 16.9 Å². The van der Waals surface area contributed by atoms with Crippen molar-refractivity contribution < 1.29 is 0 Å². The first-order chi connectivity index (χ1) is 11.3. The maximum absolute atomic E-state index is 4.79. The van der Waals surface area contributed by atoms with Crippen LogP contribution < -0.4 is 0 Å². The molecule has 0 amide bonds. The molecule has 2 aromatic carbocycles. The molecular formula is C21H16N2. The van der Waals surface area contributed by atoms with Gasteiger partial charge in [-0.05, 0) is 42.3 Å². The van der Waals surface area contributed by atoms with Crippen LogP contribution in [0.15, 0.2) is 79.0 Å². The third-order valence-electron chi connectivity index (χ3n) is 4.00. The Balaban J connectivity index is 1.82. The molecule has 2 aromatic heterocycles. The Kier molecular flexibility index (Phi) is 3.35. The molecule has 2 heterocycles.